The van der Waals surface area contributed by atoms with Crippen LogP contribution >= 0.6 is 0 Å². The molecule has 2 aliphatic heterocycles. The SMILES string of the molecule is Cc1nnc2n1CC(C(=O)NCC1COc3ccccc3O1)CC2. The van der Waals surface area contributed by atoms with E-state index in [1.807, 2.05) is 35.8 Å². The molecule has 24 heavy (non-hydrogen) atoms. The second-order valence-electron chi connectivity index (χ2n) is 6.25. The molecule has 3 heterocycles. The molecule has 126 valence electrons. The molecule has 2 unspecified atom stereocenters. The largest absolute Gasteiger partial charge is 0.486 e. The van der Waals surface area contributed by atoms with Crippen molar-refractivity contribution in [3.05, 3.63) is 35.9 Å². The number of benzene rings is 1. The molecule has 0 spiro atoms. The minimum Gasteiger partial charge on any atom is -0.486 e. The number of hydrogen-bond acceptors (Lipinski definition) is 5. The van der Waals surface area contributed by atoms with Crippen molar-refractivity contribution in [3.63, 3.8) is 0 Å². The van der Waals surface area contributed by atoms with Crippen molar-refractivity contribution in [2.75, 3.05) is 13.2 Å². The summed E-state index contributed by atoms with van der Waals surface area (Å²) in [5, 5.41) is 11.2. The van der Waals surface area contributed by atoms with Crippen LogP contribution in [0.3, 0.4) is 0 Å². The van der Waals surface area contributed by atoms with Gasteiger partial charge in [-0.25, -0.2) is 0 Å². The highest BCUT2D eigenvalue weighted by Gasteiger charge is 2.28. The summed E-state index contributed by atoms with van der Waals surface area (Å²) >= 11 is 0. The Morgan fingerprint density at radius 2 is 2.17 bits per heavy atom. The molecule has 1 N–H and O–H groups in total. The van der Waals surface area contributed by atoms with Gasteiger partial charge in [-0.2, -0.15) is 0 Å². The number of carbonyl (C=O) groups is 1. The molecule has 2 aromatic rings. The van der Waals surface area contributed by atoms with Crippen LogP contribution in [-0.4, -0.2) is 39.9 Å². The van der Waals surface area contributed by atoms with Crippen LogP contribution in [0.2, 0.25) is 0 Å². The van der Waals surface area contributed by atoms with Gasteiger partial charge < -0.3 is 19.4 Å². The van der Waals surface area contributed by atoms with Gasteiger partial charge in [0.15, 0.2) is 11.5 Å². The lowest BCUT2D eigenvalue weighted by atomic mass is 9.98. The Hall–Kier alpha value is -2.57. The number of nitrogens with one attached hydrogen (secondary N) is 1. The molecule has 0 fully saturated rings. The summed E-state index contributed by atoms with van der Waals surface area (Å²) in [6.07, 6.45) is 1.42. The molecule has 1 amide bonds. The molecular formula is C17H20N4O3. The molecule has 0 radical (unpaired) electrons. The van der Waals surface area contributed by atoms with Crippen LogP contribution in [0, 0.1) is 12.8 Å². The van der Waals surface area contributed by atoms with Crippen molar-refractivity contribution in [1.29, 1.82) is 0 Å². The lowest BCUT2D eigenvalue weighted by Gasteiger charge is -2.28. The topological polar surface area (TPSA) is 78.3 Å². The number of para-hydroxylation sites is 2. The van der Waals surface area contributed by atoms with Crippen molar-refractivity contribution in [3.8, 4) is 11.5 Å². The third-order valence-electron chi connectivity index (χ3n) is 4.57. The summed E-state index contributed by atoms with van der Waals surface area (Å²) in [5.41, 5.74) is 0. The fourth-order valence-electron chi connectivity index (χ4n) is 3.20. The van der Waals surface area contributed by atoms with Crippen LogP contribution in [-0.2, 0) is 17.8 Å². The van der Waals surface area contributed by atoms with Crippen molar-refractivity contribution >= 4 is 5.91 Å². The van der Waals surface area contributed by atoms with E-state index in [1.54, 1.807) is 0 Å². The highest BCUT2D eigenvalue weighted by atomic mass is 16.6. The third-order valence-corrected chi connectivity index (χ3v) is 4.57. The zero-order chi connectivity index (χ0) is 16.5. The van der Waals surface area contributed by atoms with Gasteiger partial charge in [0.25, 0.3) is 0 Å². The summed E-state index contributed by atoms with van der Waals surface area (Å²) in [6, 6.07) is 7.57. The van der Waals surface area contributed by atoms with Gasteiger partial charge >= 0.3 is 0 Å². The van der Waals surface area contributed by atoms with Gasteiger partial charge in [0, 0.05) is 13.0 Å². The molecule has 4 rings (SSSR count). The molecule has 7 heteroatoms. The third kappa shape index (κ3) is 2.81. The number of fused-ring (bicyclic) bond motifs is 2. The van der Waals surface area contributed by atoms with E-state index in [0.29, 0.717) is 19.7 Å². The number of carbonyl (C=O) groups excluding carboxylic acids is 1. The number of aryl methyl sites for hydroxylation is 2. The van der Waals surface area contributed by atoms with Crippen molar-refractivity contribution in [2.24, 2.45) is 5.92 Å². The molecule has 0 aliphatic carbocycles. The Balaban J connectivity index is 1.32. The van der Waals surface area contributed by atoms with E-state index in [2.05, 4.69) is 15.5 Å². The van der Waals surface area contributed by atoms with Gasteiger partial charge in [-0.1, -0.05) is 12.1 Å². The smallest absolute Gasteiger partial charge is 0.225 e. The van der Waals surface area contributed by atoms with Gasteiger partial charge in [-0.3, -0.25) is 4.79 Å². The summed E-state index contributed by atoms with van der Waals surface area (Å²) in [5.74, 6) is 3.31. The first-order valence-electron chi connectivity index (χ1n) is 8.25. The minimum atomic E-state index is -0.167. The molecule has 0 saturated carbocycles. The van der Waals surface area contributed by atoms with Crippen LogP contribution in [0.15, 0.2) is 24.3 Å². The van der Waals surface area contributed by atoms with Gasteiger partial charge in [-0.05, 0) is 25.5 Å². The minimum absolute atomic E-state index is 0.0519. The van der Waals surface area contributed by atoms with Crippen molar-refractivity contribution in [2.45, 2.75) is 32.4 Å². The van der Waals surface area contributed by atoms with Gasteiger partial charge in [0.1, 0.15) is 24.4 Å². The molecule has 1 aromatic carbocycles. The normalized spacial score (nSPS) is 21.9. The average Bonchev–Trinajstić information content (AvgIpc) is 3.00. The number of nitrogens with zero attached hydrogens (tertiary/aromatic N) is 3. The predicted octanol–water partition coefficient (Wildman–Crippen LogP) is 1.11. The summed E-state index contributed by atoms with van der Waals surface area (Å²) < 4.78 is 13.6. The zero-order valence-electron chi connectivity index (χ0n) is 13.6. The summed E-state index contributed by atoms with van der Waals surface area (Å²) in [7, 11) is 0. The fraction of sp³-hybridized carbons (Fsp3) is 0.471. The second-order valence-corrected chi connectivity index (χ2v) is 6.25. The highest BCUT2D eigenvalue weighted by Crippen LogP contribution is 2.30. The Morgan fingerprint density at radius 1 is 1.33 bits per heavy atom. The first kappa shape index (κ1) is 15.0. The molecule has 1 aromatic heterocycles. The van der Waals surface area contributed by atoms with E-state index in [0.717, 1.165) is 36.0 Å². The molecular weight excluding hydrogens is 308 g/mol. The molecule has 2 atom stereocenters. The quantitative estimate of drug-likeness (QED) is 0.913. The van der Waals surface area contributed by atoms with E-state index < -0.39 is 0 Å². The lowest BCUT2D eigenvalue weighted by molar-refractivity contribution is -0.126. The Bertz CT molecular complexity index is 758. The number of aromatic nitrogens is 3. The number of ether oxygens (including phenoxy) is 2. The van der Waals surface area contributed by atoms with Crippen molar-refractivity contribution in [1.82, 2.24) is 20.1 Å². The van der Waals surface area contributed by atoms with E-state index in [-0.39, 0.29) is 17.9 Å². The van der Waals surface area contributed by atoms with E-state index in [1.165, 1.54) is 0 Å². The molecule has 0 saturated heterocycles. The first-order chi connectivity index (χ1) is 11.7. The van der Waals surface area contributed by atoms with Crippen LogP contribution in [0.4, 0.5) is 0 Å². The standard InChI is InChI=1S/C17H20N4O3/c1-11-19-20-16-7-6-12(9-21(11)16)17(22)18-8-13-10-23-14-4-2-3-5-15(14)24-13/h2-5,12-13H,6-10H2,1H3,(H,18,22). The Kier molecular flexibility index (Phi) is 3.84. The van der Waals surface area contributed by atoms with Crippen LogP contribution in [0.25, 0.3) is 0 Å². The summed E-state index contributed by atoms with van der Waals surface area (Å²) in [4.78, 5) is 12.5. The van der Waals surface area contributed by atoms with Gasteiger partial charge in [0.2, 0.25) is 5.91 Å². The van der Waals surface area contributed by atoms with E-state index in [9.17, 15) is 4.79 Å². The fourth-order valence-corrected chi connectivity index (χ4v) is 3.20. The molecule has 7 nitrogen and oxygen atoms in total. The number of hydrogen-bond donors (Lipinski definition) is 1. The van der Waals surface area contributed by atoms with Gasteiger partial charge in [-0.15, -0.1) is 10.2 Å². The maximum atomic E-state index is 12.5. The molecule has 0 bridgehead atoms. The van der Waals surface area contributed by atoms with Gasteiger partial charge in [0.05, 0.1) is 12.5 Å². The van der Waals surface area contributed by atoms with E-state index in [4.69, 9.17) is 9.47 Å². The zero-order valence-corrected chi connectivity index (χ0v) is 13.6. The van der Waals surface area contributed by atoms with E-state index >= 15 is 0 Å². The number of amides is 1. The highest BCUT2D eigenvalue weighted by molar-refractivity contribution is 5.78. The van der Waals surface area contributed by atoms with Crippen LogP contribution in [0.1, 0.15) is 18.1 Å². The maximum absolute atomic E-state index is 12.5. The Morgan fingerprint density at radius 3 is 3.04 bits per heavy atom. The first-order valence-corrected chi connectivity index (χ1v) is 8.25. The predicted molar refractivity (Wildman–Crippen MR) is 85.9 cm³/mol. The monoisotopic (exact) mass is 328 g/mol. The summed E-state index contributed by atoms with van der Waals surface area (Å²) in [6.45, 7) is 3.45. The van der Waals surface area contributed by atoms with Crippen molar-refractivity contribution < 1.29 is 14.3 Å². The number of rotatable bonds is 3. The average molecular weight is 328 g/mol. The Labute approximate surface area is 140 Å². The lowest BCUT2D eigenvalue weighted by Crippen LogP contribution is -2.44. The van der Waals surface area contributed by atoms with Crippen LogP contribution < -0.4 is 14.8 Å². The maximum Gasteiger partial charge on any atom is 0.225 e. The van der Waals surface area contributed by atoms with Crippen LogP contribution in [0.5, 0.6) is 11.5 Å². The second kappa shape index (κ2) is 6.14. The molecule has 2 aliphatic rings.